The Kier molecular flexibility index (Phi) is 5.43. The summed E-state index contributed by atoms with van der Waals surface area (Å²) in [5.41, 5.74) is 3.90. The summed E-state index contributed by atoms with van der Waals surface area (Å²) in [5, 5.41) is 18.1. The molecule has 9 nitrogen and oxygen atoms in total. The Morgan fingerprint density at radius 3 is 2.97 bits per heavy atom. The van der Waals surface area contributed by atoms with Crippen LogP contribution < -0.4 is 26.8 Å². The van der Waals surface area contributed by atoms with Gasteiger partial charge in [0.1, 0.15) is 5.82 Å². The number of nitrogen functional groups attached to an aromatic ring is 1. The number of hydrogen-bond donors (Lipinski definition) is 5. The van der Waals surface area contributed by atoms with Crippen molar-refractivity contribution >= 4 is 28.4 Å². The monoisotopic (exact) mass is 394 g/mol. The number of likely N-dealkylation sites (N-methyl/N-ethyl adjacent to an activating group) is 1. The molecule has 0 spiro atoms. The molecule has 1 atom stereocenters. The van der Waals surface area contributed by atoms with Gasteiger partial charge in [-0.2, -0.15) is 0 Å². The first-order valence-electron chi connectivity index (χ1n) is 9.63. The van der Waals surface area contributed by atoms with Gasteiger partial charge in [-0.3, -0.25) is 4.98 Å². The number of aromatic nitrogens is 3. The van der Waals surface area contributed by atoms with Crippen molar-refractivity contribution in [3.8, 4) is 0 Å². The first-order valence-corrected chi connectivity index (χ1v) is 9.63. The van der Waals surface area contributed by atoms with Crippen molar-refractivity contribution in [2.45, 2.75) is 18.6 Å². The van der Waals surface area contributed by atoms with Crippen LogP contribution in [0.15, 0.2) is 42.7 Å². The number of fused-ring (bicyclic) bond motifs is 1. The highest BCUT2D eigenvalue weighted by Crippen LogP contribution is 2.27. The Bertz CT molecular complexity index is 997. The molecule has 3 aromatic rings. The Balaban J connectivity index is 1.51. The molecule has 1 aliphatic rings. The minimum absolute atomic E-state index is 0.473. The van der Waals surface area contributed by atoms with E-state index in [-0.39, 0.29) is 0 Å². The maximum atomic E-state index is 10.6. The molecule has 0 bridgehead atoms. The SMILES string of the molecule is CNCC1(O)CCN(c2cnc(NN)c(NCc3ccc4ncccc4c3)n2)C1. The fourth-order valence-electron chi connectivity index (χ4n) is 3.71. The number of nitrogens with zero attached hydrogens (tertiary/aromatic N) is 4. The smallest absolute Gasteiger partial charge is 0.183 e. The van der Waals surface area contributed by atoms with Gasteiger partial charge in [0.2, 0.25) is 0 Å². The molecule has 4 rings (SSSR count). The fourth-order valence-corrected chi connectivity index (χ4v) is 3.71. The summed E-state index contributed by atoms with van der Waals surface area (Å²) < 4.78 is 0. The van der Waals surface area contributed by atoms with Crippen molar-refractivity contribution in [3.05, 3.63) is 48.3 Å². The lowest BCUT2D eigenvalue weighted by atomic mass is 10.0. The van der Waals surface area contributed by atoms with Crippen molar-refractivity contribution in [1.29, 1.82) is 0 Å². The number of pyridine rings is 1. The van der Waals surface area contributed by atoms with Crippen LogP contribution in [0.4, 0.5) is 17.5 Å². The van der Waals surface area contributed by atoms with Crippen LogP contribution in [0.25, 0.3) is 10.9 Å². The lowest BCUT2D eigenvalue weighted by Crippen LogP contribution is -2.42. The van der Waals surface area contributed by atoms with Crippen LogP contribution in [0.1, 0.15) is 12.0 Å². The zero-order valence-electron chi connectivity index (χ0n) is 16.4. The van der Waals surface area contributed by atoms with Crippen molar-refractivity contribution < 1.29 is 5.11 Å². The second-order valence-electron chi connectivity index (χ2n) is 7.38. The van der Waals surface area contributed by atoms with Crippen LogP contribution in [-0.4, -0.2) is 52.3 Å². The molecular formula is C20H26N8O. The average Bonchev–Trinajstić information content (AvgIpc) is 3.14. The first kappa shape index (κ1) is 19.3. The number of nitrogens with one attached hydrogen (secondary N) is 3. The minimum atomic E-state index is -0.756. The molecule has 0 saturated carbocycles. The van der Waals surface area contributed by atoms with E-state index in [1.54, 1.807) is 12.4 Å². The minimum Gasteiger partial charge on any atom is -0.387 e. The van der Waals surface area contributed by atoms with Gasteiger partial charge in [0.15, 0.2) is 11.6 Å². The molecule has 2 aromatic heterocycles. The van der Waals surface area contributed by atoms with E-state index in [4.69, 9.17) is 10.8 Å². The molecule has 0 aliphatic carbocycles. The number of benzene rings is 1. The van der Waals surface area contributed by atoms with E-state index in [1.807, 2.05) is 36.2 Å². The zero-order valence-corrected chi connectivity index (χ0v) is 16.4. The predicted octanol–water partition coefficient (Wildman–Crippen LogP) is 1.08. The molecule has 3 heterocycles. The third-order valence-electron chi connectivity index (χ3n) is 5.19. The summed E-state index contributed by atoms with van der Waals surface area (Å²) in [5.74, 6) is 7.37. The molecule has 1 unspecified atom stereocenters. The largest absolute Gasteiger partial charge is 0.387 e. The number of β-amino-alcohol motifs (C(OH)–C–C–N with tert-alkyl or cyclic N) is 1. The van der Waals surface area contributed by atoms with E-state index in [0.29, 0.717) is 43.5 Å². The van der Waals surface area contributed by atoms with E-state index < -0.39 is 5.60 Å². The van der Waals surface area contributed by atoms with Gasteiger partial charge in [-0.05, 0) is 37.2 Å². The third kappa shape index (κ3) is 4.21. The topological polar surface area (TPSA) is 124 Å². The van der Waals surface area contributed by atoms with E-state index in [2.05, 4.69) is 32.1 Å². The van der Waals surface area contributed by atoms with Crippen LogP contribution in [0, 0.1) is 0 Å². The number of aliphatic hydroxyl groups is 1. The summed E-state index contributed by atoms with van der Waals surface area (Å²) in [6.07, 6.45) is 4.14. The Labute approximate surface area is 169 Å². The predicted molar refractivity (Wildman–Crippen MR) is 115 cm³/mol. The molecule has 0 amide bonds. The maximum Gasteiger partial charge on any atom is 0.183 e. The molecule has 0 radical (unpaired) electrons. The summed E-state index contributed by atoms with van der Waals surface area (Å²) in [7, 11) is 1.84. The molecule has 1 fully saturated rings. The third-order valence-corrected chi connectivity index (χ3v) is 5.19. The van der Waals surface area contributed by atoms with E-state index >= 15 is 0 Å². The highest BCUT2D eigenvalue weighted by atomic mass is 16.3. The lowest BCUT2D eigenvalue weighted by molar-refractivity contribution is 0.0651. The molecule has 29 heavy (non-hydrogen) atoms. The number of nitrogens with two attached hydrogens (primary N) is 1. The van der Waals surface area contributed by atoms with Gasteiger partial charge in [-0.1, -0.05) is 12.1 Å². The van der Waals surface area contributed by atoms with Gasteiger partial charge in [0.05, 0.1) is 17.3 Å². The summed E-state index contributed by atoms with van der Waals surface area (Å²) in [6.45, 7) is 2.34. The highest BCUT2D eigenvalue weighted by Gasteiger charge is 2.36. The quantitative estimate of drug-likeness (QED) is 0.296. The van der Waals surface area contributed by atoms with Gasteiger partial charge in [0, 0.05) is 37.8 Å². The molecule has 6 N–H and O–H groups in total. The normalized spacial score (nSPS) is 18.9. The van der Waals surface area contributed by atoms with Crippen LogP contribution in [0.3, 0.4) is 0 Å². The highest BCUT2D eigenvalue weighted by molar-refractivity contribution is 5.79. The number of anilines is 3. The molecule has 9 heteroatoms. The van der Waals surface area contributed by atoms with Crippen LogP contribution in [0.5, 0.6) is 0 Å². The van der Waals surface area contributed by atoms with Crippen molar-refractivity contribution in [2.24, 2.45) is 5.84 Å². The van der Waals surface area contributed by atoms with Gasteiger partial charge < -0.3 is 26.1 Å². The second-order valence-corrected chi connectivity index (χ2v) is 7.38. The van der Waals surface area contributed by atoms with Gasteiger partial charge >= 0.3 is 0 Å². The number of rotatable bonds is 7. The maximum absolute atomic E-state index is 10.6. The van der Waals surface area contributed by atoms with Crippen LogP contribution in [-0.2, 0) is 6.54 Å². The van der Waals surface area contributed by atoms with E-state index in [0.717, 1.165) is 23.0 Å². The van der Waals surface area contributed by atoms with Crippen LogP contribution >= 0.6 is 0 Å². The van der Waals surface area contributed by atoms with Crippen LogP contribution in [0.2, 0.25) is 0 Å². The molecule has 1 aliphatic heterocycles. The molecule has 1 saturated heterocycles. The van der Waals surface area contributed by atoms with Crippen molar-refractivity contribution in [1.82, 2.24) is 20.3 Å². The molecule has 1 aromatic carbocycles. The van der Waals surface area contributed by atoms with Crippen molar-refractivity contribution in [2.75, 3.05) is 42.3 Å². The van der Waals surface area contributed by atoms with Gasteiger partial charge in [0.25, 0.3) is 0 Å². The van der Waals surface area contributed by atoms with E-state index in [9.17, 15) is 5.11 Å². The number of hydrogen-bond acceptors (Lipinski definition) is 9. The van der Waals surface area contributed by atoms with Crippen molar-refractivity contribution in [3.63, 3.8) is 0 Å². The summed E-state index contributed by atoms with van der Waals surface area (Å²) in [6, 6.07) is 10.1. The zero-order chi connectivity index (χ0) is 20.3. The Morgan fingerprint density at radius 2 is 2.14 bits per heavy atom. The summed E-state index contributed by atoms with van der Waals surface area (Å²) >= 11 is 0. The standard InChI is InChI=1S/C20H26N8O/c1-22-12-20(29)6-8-28(13-20)17-11-25-19(27-21)18(26-17)24-10-14-4-5-16-15(9-14)3-2-7-23-16/h2-5,7,9,11,22,29H,6,8,10,12-13,21H2,1H3,(H,24,26)(H,25,27). The first-order chi connectivity index (χ1) is 14.1. The molecular weight excluding hydrogens is 368 g/mol. The summed E-state index contributed by atoms with van der Waals surface area (Å²) in [4.78, 5) is 15.5. The second kappa shape index (κ2) is 8.16. The lowest BCUT2D eigenvalue weighted by Gasteiger charge is -2.24. The van der Waals surface area contributed by atoms with Gasteiger partial charge in [-0.15, -0.1) is 0 Å². The Morgan fingerprint density at radius 1 is 1.24 bits per heavy atom. The fraction of sp³-hybridized carbons (Fsp3) is 0.350. The van der Waals surface area contributed by atoms with Gasteiger partial charge in [-0.25, -0.2) is 15.8 Å². The molecule has 152 valence electrons. The Hall–Kier alpha value is -3.01. The van der Waals surface area contributed by atoms with E-state index in [1.165, 1.54) is 0 Å². The number of hydrazine groups is 1. The average molecular weight is 394 g/mol.